The Kier molecular flexibility index (Phi) is 3.63. The molecule has 2 aromatic rings. The van der Waals surface area contributed by atoms with E-state index in [2.05, 4.69) is 46.6 Å². The number of hydrogen-bond acceptors (Lipinski definition) is 4. The highest BCUT2D eigenvalue weighted by Crippen LogP contribution is 2.25. The van der Waals surface area contributed by atoms with Crippen LogP contribution in [-0.4, -0.2) is 21.4 Å². The first-order chi connectivity index (χ1) is 9.65. The second kappa shape index (κ2) is 5.42. The van der Waals surface area contributed by atoms with E-state index in [0.29, 0.717) is 17.7 Å². The van der Waals surface area contributed by atoms with Crippen molar-refractivity contribution < 1.29 is 0 Å². The molecule has 0 unspecified atom stereocenters. The third kappa shape index (κ3) is 2.51. The Balaban J connectivity index is 1.87. The number of H-pyrrole nitrogens is 1. The number of aromatic nitrogens is 2. The number of fused-ring (bicyclic) bond motifs is 1. The number of aromatic amines is 1. The molecule has 20 heavy (non-hydrogen) atoms. The van der Waals surface area contributed by atoms with Crippen molar-refractivity contribution in [1.82, 2.24) is 14.9 Å². The summed E-state index contributed by atoms with van der Waals surface area (Å²) in [5.74, 6) is 0. The Bertz CT molecular complexity index is 669. The lowest BCUT2D eigenvalue weighted by atomic mass is 10.0. The number of rotatable bonds is 2. The van der Waals surface area contributed by atoms with Gasteiger partial charge < -0.3 is 4.98 Å². The van der Waals surface area contributed by atoms with Gasteiger partial charge in [-0.3, -0.25) is 9.69 Å². The van der Waals surface area contributed by atoms with E-state index in [-0.39, 0.29) is 5.56 Å². The maximum absolute atomic E-state index is 12.0. The highest BCUT2D eigenvalue weighted by molar-refractivity contribution is 7.80. The molecule has 0 bridgehead atoms. The van der Waals surface area contributed by atoms with E-state index in [1.807, 2.05) is 18.2 Å². The maximum atomic E-state index is 12.0. The predicted molar refractivity (Wildman–Crippen MR) is 81.1 cm³/mol. The van der Waals surface area contributed by atoms with Crippen LogP contribution in [0.1, 0.15) is 29.8 Å². The quantitative estimate of drug-likeness (QED) is 0.657. The fourth-order valence-corrected chi connectivity index (χ4v) is 2.94. The molecule has 0 spiro atoms. The smallest absolute Gasteiger partial charge is 0.278 e. The topological polar surface area (TPSA) is 49.0 Å². The molecule has 4 nitrogen and oxygen atoms in total. The van der Waals surface area contributed by atoms with Crippen LogP contribution in [-0.2, 0) is 13.0 Å². The minimum absolute atomic E-state index is 0.159. The van der Waals surface area contributed by atoms with Crippen molar-refractivity contribution in [3.8, 4) is 0 Å². The second-order valence-electron chi connectivity index (χ2n) is 5.13. The Hall–Kier alpha value is -1.59. The maximum Gasteiger partial charge on any atom is 0.278 e. The van der Waals surface area contributed by atoms with Crippen molar-refractivity contribution >= 4 is 12.6 Å². The second-order valence-corrected chi connectivity index (χ2v) is 5.55. The number of nitrogens with one attached hydrogen (secondary N) is 1. The van der Waals surface area contributed by atoms with Gasteiger partial charge in [0.1, 0.15) is 0 Å². The molecule has 0 saturated heterocycles. The predicted octanol–water partition coefficient (Wildman–Crippen LogP) is 2.18. The summed E-state index contributed by atoms with van der Waals surface area (Å²) in [6.45, 7) is 3.74. The first-order valence-electron chi connectivity index (χ1n) is 6.75. The Morgan fingerprint density at radius 1 is 1.35 bits per heavy atom. The summed E-state index contributed by atoms with van der Waals surface area (Å²) in [6, 6.07) is 10.7. The van der Waals surface area contributed by atoms with E-state index in [4.69, 9.17) is 0 Å². The molecule has 0 fully saturated rings. The summed E-state index contributed by atoms with van der Waals surface area (Å²) < 4.78 is 0. The minimum Gasteiger partial charge on any atom is -0.338 e. The van der Waals surface area contributed by atoms with E-state index in [1.165, 1.54) is 5.56 Å². The summed E-state index contributed by atoms with van der Waals surface area (Å²) >= 11 is 4.13. The van der Waals surface area contributed by atoms with E-state index in [1.54, 1.807) is 0 Å². The number of benzene rings is 1. The van der Waals surface area contributed by atoms with Gasteiger partial charge in [-0.1, -0.05) is 30.3 Å². The summed E-state index contributed by atoms with van der Waals surface area (Å²) in [6.07, 6.45) is 0.831. The third-order valence-electron chi connectivity index (χ3n) is 3.93. The number of hydrogen-bond donors (Lipinski definition) is 2. The first-order valence-corrected chi connectivity index (χ1v) is 7.20. The van der Waals surface area contributed by atoms with Crippen LogP contribution in [0.3, 0.4) is 0 Å². The van der Waals surface area contributed by atoms with Gasteiger partial charge in [0.25, 0.3) is 5.56 Å². The molecule has 0 aliphatic carbocycles. The van der Waals surface area contributed by atoms with Crippen LogP contribution in [0.15, 0.2) is 40.3 Å². The molecule has 1 aliphatic rings. The standard InChI is InChI=1S/C15H17N3OS/c1-10(11-5-3-2-4-6-11)18-8-7-13-12(9-18)14(19)17-15(20)16-13/h2-6,10H,7-9H2,1H3,(H2,16,17,19,20)/t10-/m1/s1. The van der Waals surface area contributed by atoms with Gasteiger partial charge in [-0.2, -0.15) is 4.98 Å². The summed E-state index contributed by atoms with van der Waals surface area (Å²) in [7, 11) is 0. The average Bonchev–Trinajstić information content (AvgIpc) is 2.47. The van der Waals surface area contributed by atoms with Crippen molar-refractivity contribution in [3.05, 3.63) is 57.5 Å². The molecule has 1 aliphatic heterocycles. The van der Waals surface area contributed by atoms with Gasteiger partial charge in [-0.25, -0.2) is 0 Å². The van der Waals surface area contributed by atoms with Crippen molar-refractivity contribution in [2.75, 3.05) is 6.54 Å². The molecule has 0 saturated carbocycles. The van der Waals surface area contributed by atoms with Gasteiger partial charge in [0, 0.05) is 31.2 Å². The van der Waals surface area contributed by atoms with E-state index >= 15 is 0 Å². The van der Waals surface area contributed by atoms with Crippen LogP contribution in [0.4, 0.5) is 0 Å². The minimum atomic E-state index is -0.159. The van der Waals surface area contributed by atoms with Crippen molar-refractivity contribution in [3.63, 3.8) is 0 Å². The van der Waals surface area contributed by atoms with E-state index < -0.39 is 0 Å². The van der Waals surface area contributed by atoms with Gasteiger partial charge in [-0.05, 0) is 12.5 Å². The first kappa shape index (κ1) is 13.4. The molecular weight excluding hydrogens is 270 g/mol. The highest BCUT2D eigenvalue weighted by Gasteiger charge is 2.24. The Morgan fingerprint density at radius 3 is 2.85 bits per heavy atom. The fraction of sp³-hybridized carbons (Fsp3) is 0.333. The zero-order chi connectivity index (χ0) is 14.1. The monoisotopic (exact) mass is 287 g/mol. The molecule has 1 aromatic heterocycles. The molecule has 0 radical (unpaired) electrons. The normalized spacial score (nSPS) is 16.7. The molecule has 5 heteroatoms. The fourth-order valence-electron chi connectivity index (χ4n) is 2.72. The van der Waals surface area contributed by atoms with Gasteiger partial charge in [0.15, 0.2) is 5.16 Å². The lowest BCUT2D eigenvalue weighted by Crippen LogP contribution is -2.37. The van der Waals surface area contributed by atoms with Crippen LogP contribution in [0, 0.1) is 0 Å². The number of thiol groups is 1. The lowest BCUT2D eigenvalue weighted by Gasteiger charge is -2.33. The zero-order valence-electron chi connectivity index (χ0n) is 11.3. The molecule has 3 rings (SSSR count). The average molecular weight is 287 g/mol. The molecular formula is C15H17N3OS. The van der Waals surface area contributed by atoms with Crippen LogP contribution in [0.25, 0.3) is 0 Å². The van der Waals surface area contributed by atoms with Crippen molar-refractivity contribution in [1.29, 1.82) is 0 Å². The van der Waals surface area contributed by atoms with Crippen molar-refractivity contribution in [2.24, 2.45) is 0 Å². The summed E-state index contributed by atoms with van der Waals surface area (Å²) in [5, 5.41) is 0.401. The number of nitrogens with zero attached hydrogens (tertiary/aromatic N) is 2. The molecule has 1 aromatic carbocycles. The van der Waals surface area contributed by atoms with Gasteiger partial charge in [0.05, 0.1) is 5.56 Å². The van der Waals surface area contributed by atoms with Crippen LogP contribution >= 0.6 is 12.6 Å². The third-order valence-corrected chi connectivity index (χ3v) is 4.14. The van der Waals surface area contributed by atoms with E-state index in [0.717, 1.165) is 24.2 Å². The van der Waals surface area contributed by atoms with E-state index in [9.17, 15) is 4.79 Å². The summed E-state index contributed by atoms with van der Waals surface area (Å²) in [5.41, 5.74) is 2.86. The Morgan fingerprint density at radius 2 is 2.10 bits per heavy atom. The molecule has 1 atom stereocenters. The van der Waals surface area contributed by atoms with Crippen LogP contribution in [0.5, 0.6) is 0 Å². The molecule has 0 amide bonds. The highest BCUT2D eigenvalue weighted by atomic mass is 32.1. The molecule has 104 valence electrons. The lowest BCUT2D eigenvalue weighted by molar-refractivity contribution is 0.189. The summed E-state index contributed by atoms with van der Waals surface area (Å²) in [4.78, 5) is 21.3. The molecule has 2 heterocycles. The largest absolute Gasteiger partial charge is 0.338 e. The zero-order valence-corrected chi connectivity index (χ0v) is 12.2. The van der Waals surface area contributed by atoms with Gasteiger partial charge in [0.2, 0.25) is 0 Å². The van der Waals surface area contributed by atoms with Crippen LogP contribution in [0.2, 0.25) is 0 Å². The SMILES string of the molecule is C[C@H](c1ccccc1)N1CCc2[nH]c(S)nc(=O)c2C1. The Labute approximate surface area is 123 Å². The molecule has 1 N–H and O–H groups in total. The van der Waals surface area contributed by atoms with Crippen molar-refractivity contribution in [2.45, 2.75) is 31.1 Å². The van der Waals surface area contributed by atoms with Crippen LogP contribution < -0.4 is 5.56 Å². The van der Waals surface area contributed by atoms with Gasteiger partial charge in [-0.15, -0.1) is 12.6 Å². The van der Waals surface area contributed by atoms with Gasteiger partial charge >= 0.3 is 0 Å².